The summed E-state index contributed by atoms with van der Waals surface area (Å²) in [7, 11) is -2.33. The predicted octanol–water partition coefficient (Wildman–Crippen LogP) is 2.91. The van der Waals surface area contributed by atoms with Gasteiger partial charge in [-0.2, -0.15) is 4.31 Å². The van der Waals surface area contributed by atoms with Crippen LogP contribution in [-0.4, -0.2) is 43.0 Å². The number of sulfonamides is 1. The minimum Gasteiger partial charge on any atom is -0.383 e. The van der Waals surface area contributed by atoms with Crippen LogP contribution in [0.25, 0.3) is 21.7 Å². The second-order valence-electron chi connectivity index (χ2n) is 6.87. The molecule has 1 N–H and O–H groups in total. The number of rotatable bonds is 7. The van der Waals surface area contributed by atoms with Crippen molar-refractivity contribution in [3.8, 4) is 0 Å². The van der Waals surface area contributed by atoms with Crippen LogP contribution in [0.1, 0.15) is 5.82 Å². The SMILES string of the molecule is COCCN(Cc1nc2ccccc2c(=O)[nH]1)S(=O)(=O)c1ccc2ccccc2c1. The maximum absolute atomic E-state index is 13.4. The summed E-state index contributed by atoms with van der Waals surface area (Å²) in [6.07, 6.45) is 0. The lowest BCUT2D eigenvalue weighted by Gasteiger charge is -2.22. The number of fused-ring (bicyclic) bond motifs is 2. The molecule has 4 aromatic rings. The van der Waals surface area contributed by atoms with E-state index in [1.807, 2.05) is 24.3 Å². The van der Waals surface area contributed by atoms with Gasteiger partial charge in [0.1, 0.15) is 5.82 Å². The standard InChI is InChI=1S/C22H21N3O4S/c1-29-13-12-25(15-21-23-20-9-5-4-8-19(20)22(26)24-21)30(27,28)18-11-10-16-6-2-3-7-17(16)14-18/h2-11,14H,12-13,15H2,1H3,(H,23,24,26). The highest BCUT2D eigenvalue weighted by Crippen LogP contribution is 2.23. The number of para-hydroxylation sites is 1. The van der Waals surface area contributed by atoms with E-state index in [1.165, 1.54) is 11.4 Å². The second kappa shape index (κ2) is 8.35. The molecule has 0 aliphatic carbocycles. The van der Waals surface area contributed by atoms with Gasteiger partial charge < -0.3 is 9.72 Å². The first-order chi connectivity index (χ1) is 14.5. The van der Waals surface area contributed by atoms with Crippen molar-refractivity contribution in [2.45, 2.75) is 11.4 Å². The molecule has 8 heteroatoms. The van der Waals surface area contributed by atoms with Gasteiger partial charge in [-0.05, 0) is 35.0 Å². The Morgan fingerprint density at radius 1 is 1.00 bits per heavy atom. The Bertz CT molecular complexity index is 1370. The van der Waals surface area contributed by atoms with E-state index in [0.29, 0.717) is 10.9 Å². The van der Waals surface area contributed by atoms with Crippen molar-refractivity contribution >= 4 is 31.7 Å². The first-order valence-corrected chi connectivity index (χ1v) is 10.9. The fraction of sp³-hybridized carbons (Fsp3) is 0.182. The monoisotopic (exact) mass is 423 g/mol. The Kier molecular flexibility index (Phi) is 5.63. The number of aromatic amines is 1. The Balaban J connectivity index is 1.73. The lowest BCUT2D eigenvalue weighted by Crippen LogP contribution is -2.34. The van der Waals surface area contributed by atoms with Crippen LogP contribution in [-0.2, 0) is 21.3 Å². The molecule has 154 valence electrons. The summed E-state index contributed by atoms with van der Waals surface area (Å²) in [5, 5.41) is 2.25. The van der Waals surface area contributed by atoms with E-state index in [-0.39, 0.29) is 36.0 Å². The zero-order valence-corrected chi connectivity index (χ0v) is 17.2. The summed E-state index contributed by atoms with van der Waals surface area (Å²) in [5.74, 6) is 0.277. The minimum atomic E-state index is -3.84. The molecule has 0 aliphatic heterocycles. The van der Waals surface area contributed by atoms with Gasteiger partial charge in [-0.15, -0.1) is 0 Å². The maximum atomic E-state index is 13.4. The molecular formula is C22H21N3O4S. The van der Waals surface area contributed by atoms with E-state index in [1.54, 1.807) is 42.5 Å². The fourth-order valence-electron chi connectivity index (χ4n) is 3.33. The Hall–Kier alpha value is -3.07. The van der Waals surface area contributed by atoms with Gasteiger partial charge in [0.05, 0.1) is 29.0 Å². The lowest BCUT2D eigenvalue weighted by molar-refractivity contribution is 0.176. The Morgan fingerprint density at radius 3 is 2.53 bits per heavy atom. The molecule has 0 atom stereocenters. The quantitative estimate of drug-likeness (QED) is 0.493. The summed E-state index contributed by atoms with van der Waals surface area (Å²) in [5.41, 5.74) is 0.219. The van der Waals surface area contributed by atoms with Crippen molar-refractivity contribution in [3.05, 3.63) is 82.9 Å². The van der Waals surface area contributed by atoms with Gasteiger partial charge in [-0.1, -0.05) is 42.5 Å². The summed E-state index contributed by atoms with van der Waals surface area (Å²) in [4.78, 5) is 19.7. The van der Waals surface area contributed by atoms with Crippen molar-refractivity contribution in [2.75, 3.05) is 20.3 Å². The molecule has 7 nitrogen and oxygen atoms in total. The Labute approximate surface area is 174 Å². The molecule has 0 fully saturated rings. The van der Waals surface area contributed by atoms with Crippen molar-refractivity contribution in [2.24, 2.45) is 0 Å². The molecule has 0 spiro atoms. The average molecular weight is 423 g/mol. The third kappa shape index (κ3) is 3.97. The molecule has 1 heterocycles. The Morgan fingerprint density at radius 2 is 1.73 bits per heavy atom. The summed E-state index contributed by atoms with van der Waals surface area (Å²) in [6.45, 7) is 0.269. The summed E-state index contributed by atoms with van der Waals surface area (Å²) < 4.78 is 33.1. The van der Waals surface area contributed by atoms with Gasteiger partial charge in [0.25, 0.3) is 5.56 Å². The van der Waals surface area contributed by atoms with E-state index in [2.05, 4.69) is 9.97 Å². The number of H-pyrrole nitrogens is 1. The number of benzene rings is 3. The van der Waals surface area contributed by atoms with Crippen LogP contribution in [0.15, 0.2) is 76.4 Å². The van der Waals surface area contributed by atoms with Crippen LogP contribution in [0.3, 0.4) is 0 Å². The molecule has 0 unspecified atom stereocenters. The largest absolute Gasteiger partial charge is 0.383 e. The number of methoxy groups -OCH3 is 1. The zero-order valence-electron chi connectivity index (χ0n) is 16.4. The van der Waals surface area contributed by atoms with Crippen LogP contribution in [0.2, 0.25) is 0 Å². The van der Waals surface area contributed by atoms with Gasteiger partial charge in [-0.25, -0.2) is 13.4 Å². The zero-order chi connectivity index (χ0) is 21.1. The lowest BCUT2D eigenvalue weighted by atomic mass is 10.1. The predicted molar refractivity (Wildman–Crippen MR) is 116 cm³/mol. The topological polar surface area (TPSA) is 92.4 Å². The first-order valence-electron chi connectivity index (χ1n) is 9.45. The second-order valence-corrected chi connectivity index (χ2v) is 8.81. The highest BCUT2D eigenvalue weighted by atomic mass is 32.2. The number of nitrogens with one attached hydrogen (secondary N) is 1. The maximum Gasteiger partial charge on any atom is 0.258 e. The van der Waals surface area contributed by atoms with Crippen LogP contribution < -0.4 is 5.56 Å². The highest BCUT2D eigenvalue weighted by Gasteiger charge is 2.25. The van der Waals surface area contributed by atoms with Crippen molar-refractivity contribution in [3.63, 3.8) is 0 Å². The molecule has 0 bridgehead atoms. The molecule has 0 amide bonds. The normalized spacial score (nSPS) is 12.1. The first kappa shape index (κ1) is 20.2. The third-order valence-corrected chi connectivity index (χ3v) is 6.73. The van der Waals surface area contributed by atoms with E-state index >= 15 is 0 Å². The highest BCUT2D eigenvalue weighted by molar-refractivity contribution is 7.89. The molecule has 30 heavy (non-hydrogen) atoms. The number of aromatic nitrogens is 2. The smallest absolute Gasteiger partial charge is 0.258 e. The molecule has 0 saturated carbocycles. The molecule has 0 aliphatic rings. The van der Waals surface area contributed by atoms with Crippen LogP contribution >= 0.6 is 0 Å². The molecular weight excluding hydrogens is 402 g/mol. The number of ether oxygens (including phenoxy) is 1. The van der Waals surface area contributed by atoms with Gasteiger partial charge in [-0.3, -0.25) is 4.79 Å². The van der Waals surface area contributed by atoms with E-state index in [9.17, 15) is 13.2 Å². The van der Waals surface area contributed by atoms with Gasteiger partial charge >= 0.3 is 0 Å². The summed E-state index contributed by atoms with van der Waals surface area (Å²) in [6, 6.07) is 19.6. The molecule has 0 saturated heterocycles. The van der Waals surface area contributed by atoms with Gasteiger partial charge in [0.15, 0.2) is 0 Å². The van der Waals surface area contributed by atoms with Crippen molar-refractivity contribution < 1.29 is 13.2 Å². The molecule has 1 aromatic heterocycles. The van der Waals surface area contributed by atoms with E-state index in [0.717, 1.165) is 10.8 Å². The average Bonchev–Trinajstić information content (AvgIpc) is 2.76. The number of hydrogen-bond acceptors (Lipinski definition) is 5. The number of hydrogen-bond donors (Lipinski definition) is 1. The van der Waals surface area contributed by atoms with Crippen LogP contribution in [0.5, 0.6) is 0 Å². The minimum absolute atomic E-state index is 0.0708. The van der Waals surface area contributed by atoms with Gasteiger partial charge in [0.2, 0.25) is 10.0 Å². The third-order valence-electron chi connectivity index (χ3n) is 4.89. The van der Waals surface area contributed by atoms with E-state index < -0.39 is 10.0 Å². The fourth-order valence-corrected chi connectivity index (χ4v) is 4.75. The number of nitrogens with zero attached hydrogens (tertiary/aromatic N) is 2. The van der Waals surface area contributed by atoms with Gasteiger partial charge in [0, 0.05) is 13.7 Å². The summed E-state index contributed by atoms with van der Waals surface area (Å²) >= 11 is 0. The molecule has 0 radical (unpaired) electrons. The molecule has 4 rings (SSSR count). The molecule has 3 aromatic carbocycles. The van der Waals surface area contributed by atoms with Crippen molar-refractivity contribution in [1.29, 1.82) is 0 Å². The van der Waals surface area contributed by atoms with Crippen molar-refractivity contribution in [1.82, 2.24) is 14.3 Å². The van der Waals surface area contributed by atoms with Crippen LogP contribution in [0, 0.1) is 0 Å². The van der Waals surface area contributed by atoms with Crippen LogP contribution in [0.4, 0.5) is 0 Å². The van der Waals surface area contributed by atoms with E-state index in [4.69, 9.17) is 4.74 Å².